The maximum atomic E-state index is 12.0. The number of thioether (sulfide) groups is 1. The summed E-state index contributed by atoms with van der Waals surface area (Å²) in [6.07, 6.45) is 0. The first-order valence-electron chi connectivity index (χ1n) is 7.35. The zero-order chi connectivity index (χ0) is 17.4. The number of carbonyl (C=O) groups is 2. The molecule has 128 valence electrons. The molecule has 0 saturated carbocycles. The lowest BCUT2D eigenvalue weighted by Crippen LogP contribution is -2.35. The molecule has 0 bridgehead atoms. The second-order valence-corrected chi connectivity index (χ2v) is 7.54. The topological polar surface area (TPSA) is 88.3 Å². The zero-order valence-corrected chi connectivity index (χ0v) is 15.1. The smallest absolute Gasteiger partial charge is 0.324 e. The van der Waals surface area contributed by atoms with Crippen LogP contribution in [0.2, 0.25) is 5.02 Å². The number of fused-ring (bicyclic) bond motifs is 1. The SMILES string of the molecule is O=C(CSc1nnc(-c2sc3ccccc3c2Cl)o1)N1CCNC1=O. The molecular formula is C15H11ClN4O3S2. The molecule has 7 nitrogen and oxygen atoms in total. The summed E-state index contributed by atoms with van der Waals surface area (Å²) in [5.74, 6) is 0.0783. The number of benzene rings is 1. The van der Waals surface area contributed by atoms with Crippen LogP contribution < -0.4 is 5.32 Å². The summed E-state index contributed by atoms with van der Waals surface area (Å²) in [5.41, 5.74) is 0. The van der Waals surface area contributed by atoms with E-state index < -0.39 is 0 Å². The molecule has 0 aliphatic carbocycles. The first-order valence-corrected chi connectivity index (χ1v) is 9.53. The molecule has 1 N–H and O–H groups in total. The fourth-order valence-electron chi connectivity index (χ4n) is 2.42. The van der Waals surface area contributed by atoms with E-state index >= 15 is 0 Å². The minimum atomic E-state index is -0.367. The molecule has 3 aromatic rings. The van der Waals surface area contributed by atoms with Crippen LogP contribution in [0.5, 0.6) is 0 Å². The van der Waals surface area contributed by atoms with E-state index in [4.69, 9.17) is 16.0 Å². The van der Waals surface area contributed by atoms with E-state index in [2.05, 4.69) is 15.5 Å². The van der Waals surface area contributed by atoms with Gasteiger partial charge < -0.3 is 9.73 Å². The first kappa shape index (κ1) is 16.4. The van der Waals surface area contributed by atoms with E-state index in [9.17, 15) is 9.59 Å². The second kappa shape index (κ2) is 6.66. The average molecular weight is 395 g/mol. The summed E-state index contributed by atoms with van der Waals surface area (Å²) < 4.78 is 6.65. The van der Waals surface area contributed by atoms with Gasteiger partial charge >= 0.3 is 6.03 Å². The molecule has 1 aromatic carbocycles. The zero-order valence-electron chi connectivity index (χ0n) is 12.7. The molecule has 3 amide bonds. The summed E-state index contributed by atoms with van der Waals surface area (Å²) in [7, 11) is 0. The summed E-state index contributed by atoms with van der Waals surface area (Å²) in [4.78, 5) is 25.3. The van der Waals surface area contributed by atoms with Crippen molar-refractivity contribution in [3.8, 4) is 10.8 Å². The molecule has 10 heteroatoms. The first-order chi connectivity index (χ1) is 12.1. The Kier molecular flexibility index (Phi) is 4.36. The fraction of sp³-hybridized carbons (Fsp3) is 0.200. The minimum Gasteiger partial charge on any atom is -0.410 e. The number of halogens is 1. The van der Waals surface area contributed by atoms with Crippen molar-refractivity contribution in [1.29, 1.82) is 0 Å². The number of urea groups is 1. The number of carbonyl (C=O) groups excluding carboxylic acids is 2. The van der Waals surface area contributed by atoms with Gasteiger partial charge in [-0.15, -0.1) is 21.5 Å². The van der Waals surface area contributed by atoms with Gasteiger partial charge in [0.1, 0.15) is 4.88 Å². The lowest BCUT2D eigenvalue weighted by Gasteiger charge is -2.10. The van der Waals surface area contributed by atoms with Crippen LogP contribution >= 0.6 is 34.7 Å². The summed E-state index contributed by atoms with van der Waals surface area (Å²) in [6.45, 7) is 0.856. The quantitative estimate of drug-likeness (QED) is 0.683. The van der Waals surface area contributed by atoms with Crippen LogP contribution in [0.1, 0.15) is 0 Å². The van der Waals surface area contributed by atoms with Crippen molar-refractivity contribution in [3.05, 3.63) is 29.3 Å². The van der Waals surface area contributed by atoms with Gasteiger partial charge in [-0.25, -0.2) is 4.79 Å². The summed E-state index contributed by atoms with van der Waals surface area (Å²) in [5, 5.41) is 12.3. The van der Waals surface area contributed by atoms with E-state index in [0.717, 1.165) is 21.8 Å². The molecule has 1 fully saturated rings. The van der Waals surface area contributed by atoms with Gasteiger partial charge in [-0.2, -0.15) is 0 Å². The van der Waals surface area contributed by atoms with Crippen LogP contribution in [0.3, 0.4) is 0 Å². The highest BCUT2D eigenvalue weighted by Crippen LogP contribution is 2.41. The molecule has 0 spiro atoms. The molecular weight excluding hydrogens is 384 g/mol. The maximum Gasteiger partial charge on any atom is 0.324 e. The number of thiophene rings is 1. The molecule has 0 unspecified atom stereocenters. The van der Waals surface area contributed by atoms with Gasteiger partial charge in [0.05, 0.1) is 10.8 Å². The van der Waals surface area contributed by atoms with Crippen LogP contribution in [0.25, 0.3) is 20.9 Å². The predicted molar refractivity (Wildman–Crippen MR) is 96.0 cm³/mol. The number of hydrogen-bond donors (Lipinski definition) is 1. The number of imide groups is 1. The van der Waals surface area contributed by atoms with Crippen molar-refractivity contribution >= 4 is 56.7 Å². The molecule has 1 aliphatic rings. The molecule has 0 atom stereocenters. The van der Waals surface area contributed by atoms with Crippen LogP contribution in [-0.2, 0) is 4.79 Å². The molecule has 0 radical (unpaired) electrons. The Balaban J connectivity index is 1.49. The fourth-order valence-corrected chi connectivity index (χ4v) is 4.49. The summed E-state index contributed by atoms with van der Waals surface area (Å²) >= 11 is 8.97. The molecule has 4 rings (SSSR count). The Morgan fingerprint density at radius 1 is 1.40 bits per heavy atom. The van der Waals surface area contributed by atoms with Gasteiger partial charge in [0, 0.05) is 23.2 Å². The standard InChI is InChI=1S/C15H11ClN4O3S2/c16-11-8-3-1-2-4-9(8)25-12(11)13-18-19-15(23-13)24-7-10(21)20-6-5-17-14(20)22/h1-4H,5-7H2,(H,17,22). The lowest BCUT2D eigenvalue weighted by atomic mass is 10.2. The van der Waals surface area contributed by atoms with E-state index in [-0.39, 0.29) is 22.9 Å². The van der Waals surface area contributed by atoms with Gasteiger partial charge in [0.25, 0.3) is 11.1 Å². The molecule has 3 heterocycles. The van der Waals surface area contributed by atoms with Crippen molar-refractivity contribution < 1.29 is 14.0 Å². The van der Waals surface area contributed by atoms with Gasteiger partial charge in [-0.3, -0.25) is 9.69 Å². The van der Waals surface area contributed by atoms with Gasteiger partial charge in [0.15, 0.2) is 0 Å². The Morgan fingerprint density at radius 3 is 3.00 bits per heavy atom. The molecule has 25 heavy (non-hydrogen) atoms. The van der Waals surface area contributed by atoms with Crippen molar-refractivity contribution in [2.45, 2.75) is 5.22 Å². The maximum absolute atomic E-state index is 12.0. The number of rotatable bonds is 4. The number of aromatic nitrogens is 2. The highest BCUT2D eigenvalue weighted by molar-refractivity contribution is 7.99. The largest absolute Gasteiger partial charge is 0.410 e. The Morgan fingerprint density at radius 2 is 2.24 bits per heavy atom. The molecule has 1 aliphatic heterocycles. The second-order valence-electron chi connectivity index (χ2n) is 5.18. The van der Waals surface area contributed by atoms with Gasteiger partial charge in [-0.05, 0) is 6.07 Å². The van der Waals surface area contributed by atoms with Gasteiger partial charge in [-0.1, -0.05) is 41.6 Å². The third-order valence-corrected chi connectivity index (χ3v) is 6.08. The normalized spacial score (nSPS) is 14.3. The van der Waals surface area contributed by atoms with E-state index in [0.29, 0.717) is 28.9 Å². The molecule has 1 saturated heterocycles. The molecule has 2 aromatic heterocycles. The van der Waals surface area contributed by atoms with Crippen molar-refractivity contribution in [1.82, 2.24) is 20.4 Å². The Labute approximate surface area is 155 Å². The van der Waals surface area contributed by atoms with Crippen molar-refractivity contribution in [2.24, 2.45) is 0 Å². The Bertz CT molecular complexity index is 971. The number of amides is 3. The highest BCUT2D eigenvalue weighted by Gasteiger charge is 2.26. The third kappa shape index (κ3) is 3.10. The van der Waals surface area contributed by atoms with E-state index in [1.807, 2.05) is 24.3 Å². The van der Waals surface area contributed by atoms with Crippen LogP contribution in [-0.4, -0.2) is 45.9 Å². The van der Waals surface area contributed by atoms with Crippen molar-refractivity contribution in [2.75, 3.05) is 18.8 Å². The van der Waals surface area contributed by atoms with E-state index in [1.54, 1.807) is 0 Å². The minimum absolute atomic E-state index is 0.0508. The average Bonchev–Trinajstić information content (AvgIpc) is 3.32. The van der Waals surface area contributed by atoms with Crippen LogP contribution in [0.15, 0.2) is 33.9 Å². The Hall–Kier alpha value is -2.10. The highest BCUT2D eigenvalue weighted by atomic mass is 35.5. The van der Waals surface area contributed by atoms with E-state index in [1.165, 1.54) is 16.2 Å². The van der Waals surface area contributed by atoms with Crippen LogP contribution in [0.4, 0.5) is 4.79 Å². The number of hydrogen-bond acceptors (Lipinski definition) is 7. The monoisotopic (exact) mass is 394 g/mol. The predicted octanol–water partition coefficient (Wildman–Crippen LogP) is 3.25. The van der Waals surface area contributed by atoms with Crippen LogP contribution in [0, 0.1) is 0 Å². The lowest BCUT2D eigenvalue weighted by molar-refractivity contribution is -0.124. The van der Waals surface area contributed by atoms with Crippen molar-refractivity contribution in [3.63, 3.8) is 0 Å². The number of nitrogens with zero attached hydrogens (tertiary/aromatic N) is 3. The van der Waals surface area contributed by atoms with Gasteiger partial charge in [0.2, 0.25) is 5.91 Å². The third-order valence-electron chi connectivity index (χ3n) is 3.61. The number of nitrogens with one attached hydrogen (secondary N) is 1. The summed E-state index contributed by atoms with van der Waals surface area (Å²) in [6, 6.07) is 7.40.